The Morgan fingerprint density at radius 1 is 0.939 bits per heavy atom. The SMILES string of the molecule is O=[N+]([O-])c1ccc(C=CS(=O)(=O)N2C=Cc3ccccc3C2c2c[nH]c3ccccc23)cc1. The molecular weight excluding hydrogens is 438 g/mol. The minimum absolute atomic E-state index is 0.0509. The third kappa shape index (κ3) is 3.81. The first-order valence-electron chi connectivity index (χ1n) is 10.2. The van der Waals surface area contributed by atoms with Gasteiger partial charge in [-0.3, -0.25) is 14.4 Å². The smallest absolute Gasteiger partial charge is 0.269 e. The van der Waals surface area contributed by atoms with Crippen molar-refractivity contribution in [1.29, 1.82) is 0 Å². The molecular formula is C25H19N3O4S. The van der Waals surface area contributed by atoms with Crippen LogP contribution in [0.15, 0.2) is 90.6 Å². The number of nitro groups is 1. The summed E-state index contributed by atoms with van der Waals surface area (Å²) in [5, 5.41) is 12.9. The molecule has 0 amide bonds. The van der Waals surface area contributed by atoms with Gasteiger partial charge in [-0.2, -0.15) is 0 Å². The van der Waals surface area contributed by atoms with Crippen LogP contribution in [-0.2, 0) is 10.0 Å². The highest BCUT2D eigenvalue weighted by molar-refractivity contribution is 7.92. The second-order valence-corrected chi connectivity index (χ2v) is 9.39. The van der Waals surface area contributed by atoms with Crippen LogP contribution in [0, 0.1) is 10.1 Å². The number of H-pyrrole nitrogens is 1. The third-order valence-corrected chi connectivity index (χ3v) is 7.09. The van der Waals surface area contributed by atoms with Crippen LogP contribution in [0.5, 0.6) is 0 Å². The van der Waals surface area contributed by atoms with Gasteiger partial charge in [0.15, 0.2) is 0 Å². The summed E-state index contributed by atoms with van der Waals surface area (Å²) >= 11 is 0. The maximum atomic E-state index is 13.5. The van der Waals surface area contributed by atoms with Crippen molar-refractivity contribution >= 4 is 38.8 Å². The van der Waals surface area contributed by atoms with Crippen molar-refractivity contribution in [2.24, 2.45) is 0 Å². The molecule has 1 aromatic heterocycles. The number of nitro benzene ring substituents is 1. The maximum Gasteiger partial charge on any atom is 0.269 e. The molecule has 0 saturated carbocycles. The number of sulfonamides is 1. The number of hydrogen-bond acceptors (Lipinski definition) is 4. The summed E-state index contributed by atoms with van der Waals surface area (Å²) in [5.74, 6) is 0. The zero-order chi connectivity index (χ0) is 23.0. The number of hydrogen-bond donors (Lipinski definition) is 1. The lowest BCUT2D eigenvalue weighted by atomic mass is 9.92. The Morgan fingerprint density at radius 2 is 1.67 bits per heavy atom. The molecule has 0 radical (unpaired) electrons. The highest BCUT2D eigenvalue weighted by atomic mass is 32.2. The largest absolute Gasteiger partial charge is 0.361 e. The number of fused-ring (bicyclic) bond motifs is 2. The standard InChI is InChI=1S/C25H19N3O4S/c29-28(30)20-11-9-18(10-12-20)14-16-33(31,32)27-15-13-19-5-1-2-6-21(19)25(27)23-17-26-24-8-4-3-7-22(23)24/h1-17,25-26H. The van der Waals surface area contributed by atoms with Crippen LogP contribution in [0.25, 0.3) is 23.1 Å². The number of non-ortho nitro benzene ring substituents is 1. The van der Waals surface area contributed by atoms with Gasteiger partial charge in [-0.25, -0.2) is 8.42 Å². The lowest BCUT2D eigenvalue weighted by Crippen LogP contribution is -2.31. The summed E-state index contributed by atoms with van der Waals surface area (Å²) in [6.45, 7) is 0. The van der Waals surface area contributed by atoms with Crippen molar-refractivity contribution in [2.45, 2.75) is 6.04 Å². The number of rotatable bonds is 5. The highest BCUT2D eigenvalue weighted by Crippen LogP contribution is 2.40. The predicted octanol–water partition coefficient (Wildman–Crippen LogP) is 5.45. The van der Waals surface area contributed by atoms with E-state index in [-0.39, 0.29) is 5.69 Å². The fourth-order valence-corrected chi connectivity index (χ4v) is 5.31. The Morgan fingerprint density at radius 3 is 2.45 bits per heavy atom. The van der Waals surface area contributed by atoms with Crippen molar-refractivity contribution in [3.63, 3.8) is 0 Å². The average molecular weight is 458 g/mol. The second kappa shape index (κ2) is 8.07. The molecule has 33 heavy (non-hydrogen) atoms. The monoisotopic (exact) mass is 457 g/mol. The molecule has 164 valence electrons. The molecule has 0 aliphatic carbocycles. The number of aromatic nitrogens is 1. The van der Waals surface area contributed by atoms with Gasteiger partial charge >= 0.3 is 0 Å². The van der Waals surface area contributed by atoms with Crippen molar-refractivity contribution in [2.75, 3.05) is 0 Å². The number of benzene rings is 3. The van der Waals surface area contributed by atoms with Gasteiger partial charge in [-0.05, 0) is 47.0 Å². The summed E-state index contributed by atoms with van der Waals surface area (Å²) in [6.07, 6.45) is 6.68. The van der Waals surface area contributed by atoms with Crippen molar-refractivity contribution in [1.82, 2.24) is 9.29 Å². The van der Waals surface area contributed by atoms with Gasteiger partial charge in [0.05, 0.1) is 16.4 Å². The first kappa shape index (κ1) is 20.7. The van der Waals surface area contributed by atoms with E-state index in [9.17, 15) is 18.5 Å². The second-order valence-electron chi connectivity index (χ2n) is 7.66. The van der Waals surface area contributed by atoms with E-state index in [1.54, 1.807) is 12.3 Å². The van der Waals surface area contributed by atoms with E-state index in [0.29, 0.717) is 5.56 Å². The molecule has 1 aliphatic heterocycles. The lowest BCUT2D eigenvalue weighted by molar-refractivity contribution is -0.384. The molecule has 7 nitrogen and oxygen atoms in total. The molecule has 0 bridgehead atoms. The van der Waals surface area contributed by atoms with Crippen LogP contribution in [0.3, 0.4) is 0 Å². The Bertz CT molecular complexity index is 1520. The summed E-state index contributed by atoms with van der Waals surface area (Å²) in [5.41, 5.74) is 4.13. The van der Waals surface area contributed by atoms with Gasteiger partial charge in [0, 0.05) is 41.0 Å². The van der Waals surface area contributed by atoms with E-state index in [0.717, 1.165) is 33.0 Å². The van der Waals surface area contributed by atoms with Gasteiger partial charge in [0.1, 0.15) is 0 Å². The van der Waals surface area contributed by atoms with Gasteiger partial charge in [0.25, 0.3) is 15.7 Å². The molecule has 8 heteroatoms. The Balaban J connectivity index is 1.57. The number of nitrogens with zero attached hydrogens (tertiary/aromatic N) is 2. The van der Waals surface area contributed by atoms with Crippen molar-refractivity contribution in [3.05, 3.63) is 123 Å². The molecule has 1 N–H and O–H groups in total. The zero-order valence-corrected chi connectivity index (χ0v) is 18.1. The zero-order valence-electron chi connectivity index (χ0n) is 17.3. The van der Waals surface area contributed by atoms with Crippen molar-refractivity contribution in [3.8, 4) is 0 Å². The van der Waals surface area contributed by atoms with Crippen LogP contribution in [-0.4, -0.2) is 22.6 Å². The van der Waals surface area contributed by atoms with Gasteiger partial charge in [0.2, 0.25) is 0 Å². The minimum Gasteiger partial charge on any atom is -0.361 e. The first-order valence-corrected chi connectivity index (χ1v) is 11.7. The number of para-hydroxylation sites is 1. The van der Waals surface area contributed by atoms with Crippen LogP contribution >= 0.6 is 0 Å². The minimum atomic E-state index is -3.88. The summed E-state index contributed by atoms with van der Waals surface area (Å²) in [4.78, 5) is 13.6. The summed E-state index contributed by atoms with van der Waals surface area (Å²) < 4.78 is 28.3. The van der Waals surface area contributed by atoms with Crippen LogP contribution in [0.1, 0.15) is 28.3 Å². The molecule has 3 aromatic carbocycles. The highest BCUT2D eigenvalue weighted by Gasteiger charge is 2.33. The fourth-order valence-electron chi connectivity index (χ4n) is 4.09. The topological polar surface area (TPSA) is 96.3 Å². The molecule has 0 fully saturated rings. The van der Waals surface area contributed by atoms with E-state index in [1.807, 2.05) is 54.7 Å². The third-order valence-electron chi connectivity index (χ3n) is 5.69. The van der Waals surface area contributed by atoms with E-state index in [4.69, 9.17) is 0 Å². The molecule has 1 atom stereocenters. The number of aromatic amines is 1. The van der Waals surface area contributed by atoms with E-state index in [2.05, 4.69) is 4.98 Å². The molecule has 0 spiro atoms. The van der Waals surface area contributed by atoms with Gasteiger partial charge in [-0.1, -0.05) is 42.5 Å². The summed E-state index contributed by atoms with van der Waals surface area (Å²) in [6, 6.07) is 20.7. The van der Waals surface area contributed by atoms with Crippen LogP contribution in [0.2, 0.25) is 0 Å². The molecule has 1 aliphatic rings. The fraction of sp³-hybridized carbons (Fsp3) is 0.0400. The predicted molar refractivity (Wildman–Crippen MR) is 129 cm³/mol. The normalized spacial score (nSPS) is 15.8. The lowest BCUT2D eigenvalue weighted by Gasteiger charge is -2.33. The number of nitrogens with one attached hydrogen (secondary N) is 1. The molecule has 4 aromatic rings. The van der Waals surface area contributed by atoms with Gasteiger partial charge in [-0.15, -0.1) is 0 Å². The maximum absolute atomic E-state index is 13.5. The van der Waals surface area contributed by atoms with Crippen LogP contribution < -0.4 is 0 Å². The van der Waals surface area contributed by atoms with Gasteiger partial charge < -0.3 is 4.98 Å². The van der Waals surface area contributed by atoms with Crippen molar-refractivity contribution < 1.29 is 13.3 Å². The molecule has 2 heterocycles. The summed E-state index contributed by atoms with van der Waals surface area (Å²) in [7, 11) is -3.88. The average Bonchev–Trinajstić information content (AvgIpc) is 3.26. The molecule has 5 rings (SSSR count). The molecule has 1 unspecified atom stereocenters. The Hall–Kier alpha value is -4.17. The van der Waals surface area contributed by atoms with E-state index < -0.39 is 21.0 Å². The van der Waals surface area contributed by atoms with E-state index in [1.165, 1.54) is 34.6 Å². The Labute approximate surface area is 190 Å². The van der Waals surface area contributed by atoms with E-state index >= 15 is 0 Å². The quantitative estimate of drug-likeness (QED) is 0.318. The van der Waals surface area contributed by atoms with Crippen LogP contribution in [0.4, 0.5) is 5.69 Å². The Kier molecular flexibility index (Phi) is 5.07. The first-order chi connectivity index (χ1) is 15.9. The molecule has 0 saturated heterocycles.